The predicted molar refractivity (Wildman–Crippen MR) is 52.0 cm³/mol. The molecule has 0 bridgehead atoms. The summed E-state index contributed by atoms with van der Waals surface area (Å²) in [6.07, 6.45) is -3.35. The molecule has 0 amide bonds. The van der Waals surface area contributed by atoms with Crippen LogP contribution in [0.1, 0.15) is 5.56 Å². The second-order valence-electron chi connectivity index (χ2n) is 3.36. The van der Waals surface area contributed by atoms with Crippen LogP contribution in [-0.2, 0) is 13.2 Å². The van der Waals surface area contributed by atoms with Crippen LogP contribution in [0.4, 0.5) is 13.2 Å². The molecular weight excluding hydrogens is 221 g/mol. The van der Waals surface area contributed by atoms with Crippen LogP contribution in [0.3, 0.4) is 0 Å². The van der Waals surface area contributed by atoms with Gasteiger partial charge in [0.25, 0.3) is 5.56 Å². The van der Waals surface area contributed by atoms with Gasteiger partial charge in [-0.3, -0.25) is 4.79 Å². The first-order valence-electron chi connectivity index (χ1n) is 4.43. The van der Waals surface area contributed by atoms with Gasteiger partial charge in [0, 0.05) is 7.05 Å². The maximum atomic E-state index is 12.7. The van der Waals surface area contributed by atoms with Crippen molar-refractivity contribution in [3.63, 3.8) is 0 Å². The zero-order valence-electron chi connectivity index (χ0n) is 8.25. The highest BCUT2D eigenvalue weighted by atomic mass is 19.4. The van der Waals surface area contributed by atoms with Gasteiger partial charge in [0.1, 0.15) is 0 Å². The van der Waals surface area contributed by atoms with Crippen molar-refractivity contribution in [1.29, 1.82) is 0 Å². The van der Waals surface area contributed by atoms with Crippen LogP contribution < -0.4 is 5.56 Å². The molecule has 0 saturated carbocycles. The third kappa shape index (κ3) is 1.56. The number of benzene rings is 1. The van der Waals surface area contributed by atoms with Gasteiger partial charge in [0.15, 0.2) is 0 Å². The fraction of sp³-hybridized carbons (Fsp3) is 0.200. The highest BCUT2D eigenvalue weighted by Gasteiger charge is 2.33. The number of rotatable bonds is 0. The van der Waals surface area contributed by atoms with E-state index in [0.717, 1.165) is 10.6 Å². The number of hydrogen-bond donors (Lipinski definition) is 0. The number of aromatic nitrogens is 2. The minimum Gasteiger partial charge on any atom is -0.302 e. The van der Waals surface area contributed by atoms with E-state index in [0.29, 0.717) is 0 Å². The van der Waals surface area contributed by atoms with Crippen LogP contribution in [0.2, 0.25) is 0 Å². The van der Waals surface area contributed by atoms with Crippen molar-refractivity contribution in [3.05, 3.63) is 40.4 Å². The van der Waals surface area contributed by atoms with Gasteiger partial charge in [-0.2, -0.15) is 13.2 Å². The van der Waals surface area contributed by atoms with E-state index in [-0.39, 0.29) is 10.9 Å². The number of alkyl halides is 3. The minimum absolute atomic E-state index is 0.0536. The van der Waals surface area contributed by atoms with Gasteiger partial charge in [0.2, 0.25) is 0 Å². The molecular formula is C10H7F3N2O. The van der Waals surface area contributed by atoms with Crippen LogP contribution in [0, 0.1) is 0 Å². The maximum Gasteiger partial charge on any atom is 0.417 e. The Morgan fingerprint density at radius 2 is 2.00 bits per heavy atom. The lowest BCUT2D eigenvalue weighted by Gasteiger charge is -2.09. The second-order valence-corrected chi connectivity index (χ2v) is 3.36. The summed E-state index contributed by atoms with van der Waals surface area (Å²) in [5.41, 5.74) is -1.59. The van der Waals surface area contributed by atoms with Crippen LogP contribution in [-0.4, -0.2) is 9.55 Å². The van der Waals surface area contributed by atoms with Crippen molar-refractivity contribution in [2.45, 2.75) is 6.18 Å². The molecule has 0 radical (unpaired) electrons. The number of halogens is 3. The summed E-state index contributed by atoms with van der Waals surface area (Å²) >= 11 is 0. The van der Waals surface area contributed by atoms with Crippen LogP contribution >= 0.6 is 0 Å². The summed E-state index contributed by atoms with van der Waals surface area (Å²) in [5.74, 6) is 0. The average molecular weight is 228 g/mol. The first kappa shape index (κ1) is 10.7. The largest absolute Gasteiger partial charge is 0.417 e. The van der Waals surface area contributed by atoms with Crippen LogP contribution in [0.25, 0.3) is 10.9 Å². The van der Waals surface area contributed by atoms with Crippen molar-refractivity contribution in [1.82, 2.24) is 9.55 Å². The third-order valence-corrected chi connectivity index (χ3v) is 2.25. The van der Waals surface area contributed by atoms with E-state index in [4.69, 9.17) is 0 Å². The number of nitrogens with zero attached hydrogens (tertiary/aromatic N) is 2. The topological polar surface area (TPSA) is 34.9 Å². The van der Waals surface area contributed by atoms with Gasteiger partial charge in [-0.25, -0.2) is 4.98 Å². The predicted octanol–water partition coefficient (Wildman–Crippen LogP) is 1.95. The average Bonchev–Trinajstić information content (AvgIpc) is 2.21. The molecule has 0 aliphatic heterocycles. The van der Waals surface area contributed by atoms with E-state index in [1.807, 2.05) is 0 Å². The van der Waals surface area contributed by atoms with E-state index >= 15 is 0 Å². The first-order chi connectivity index (χ1) is 7.41. The van der Waals surface area contributed by atoms with Crippen LogP contribution in [0.5, 0.6) is 0 Å². The maximum absolute atomic E-state index is 12.7. The molecule has 0 atom stereocenters. The molecule has 1 aromatic carbocycles. The molecule has 0 fully saturated rings. The molecule has 1 aromatic heterocycles. The lowest BCUT2D eigenvalue weighted by atomic mass is 10.1. The van der Waals surface area contributed by atoms with Crippen LogP contribution in [0.15, 0.2) is 29.3 Å². The highest BCUT2D eigenvalue weighted by Crippen LogP contribution is 2.32. The zero-order valence-corrected chi connectivity index (χ0v) is 8.25. The van der Waals surface area contributed by atoms with E-state index in [2.05, 4.69) is 4.98 Å². The number of aryl methyl sites for hydroxylation is 1. The van der Waals surface area contributed by atoms with Gasteiger partial charge in [-0.15, -0.1) is 0 Å². The Kier molecular flexibility index (Phi) is 2.22. The molecule has 1 heterocycles. The summed E-state index contributed by atoms with van der Waals surface area (Å²) in [7, 11) is 1.36. The molecule has 0 spiro atoms. The highest BCUT2D eigenvalue weighted by molar-refractivity contribution is 5.81. The number of hydrogen-bond acceptors (Lipinski definition) is 2. The molecule has 2 rings (SSSR count). The third-order valence-electron chi connectivity index (χ3n) is 2.25. The SMILES string of the molecule is Cn1cnc2cccc(C(F)(F)F)c2c1=O. The Balaban J connectivity index is 2.97. The molecule has 0 unspecified atom stereocenters. The summed E-state index contributed by atoms with van der Waals surface area (Å²) in [5, 5.41) is -0.389. The molecule has 16 heavy (non-hydrogen) atoms. The fourth-order valence-corrected chi connectivity index (χ4v) is 1.49. The van der Waals surface area contributed by atoms with Crippen molar-refractivity contribution in [2.75, 3.05) is 0 Å². The van der Waals surface area contributed by atoms with E-state index in [1.165, 1.54) is 25.5 Å². The smallest absolute Gasteiger partial charge is 0.302 e. The molecule has 6 heteroatoms. The zero-order chi connectivity index (χ0) is 11.9. The molecule has 3 nitrogen and oxygen atoms in total. The van der Waals surface area contributed by atoms with Gasteiger partial charge >= 0.3 is 6.18 Å². The van der Waals surface area contributed by atoms with Crippen molar-refractivity contribution >= 4 is 10.9 Å². The van der Waals surface area contributed by atoms with Gasteiger partial charge < -0.3 is 4.57 Å². The lowest BCUT2D eigenvalue weighted by molar-refractivity contribution is -0.136. The quantitative estimate of drug-likeness (QED) is 0.690. The monoisotopic (exact) mass is 228 g/mol. The van der Waals surface area contributed by atoms with Crippen molar-refractivity contribution in [2.24, 2.45) is 7.05 Å². The second kappa shape index (κ2) is 3.33. The Hall–Kier alpha value is -1.85. The Morgan fingerprint density at radius 1 is 1.31 bits per heavy atom. The Bertz CT molecular complexity index is 601. The van der Waals surface area contributed by atoms with E-state index < -0.39 is 17.3 Å². The first-order valence-corrected chi connectivity index (χ1v) is 4.43. The normalized spacial score (nSPS) is 12.0. The Morgan fingerprint density at radius 3 is 2.62 bits per heavy atom. The summed E-state index contributed by atoms with van der Waals surface area (Å²) < 4.78 is 39.0. The number of fused-ring (bicyclic) bond motifs is 1. The van der Waals surface area contributed by atoms with Gasteiger partial charge in [-0.1, -0.05) is 6.07 Å². The van der Waals surface area contributed by atoms with E-state index in [9.17, 15) is 18.0 Å². The summed E-state index contributed by atoms with van der Waals surface area (Å²) in [6.45, 7) is 0. The van der Waals surface area contributed by atoms with Crippen molar-refractivity contribution in [3.8, 4) is 0 Å². The minimum atomic E-state index is -4.55. The van der Waals surface area contributed by atoms with Gasteiger partial charge in [-0.05, 0) is 12.1 Å². The molecule has 2 aromatic rings. The molecule has 0 saturated heterocycles. The molecule has 0 aliphatic carbocycles. The summed E-state index contributed by atoms with van der Waals surface area (Å²) in [6, 6.07) is 3.50. The fourth-order valence-electron chi connectivity index (χ4n) is 1.49. The van der Waals surface area contributed by atoms with Gasteiger partial charge in [0.05, 0.1) is 22.8 Å². The van der Waals surface area contributed by atoms with Crippen molar-refractivity contribution < 1.29 is 13.2 Å². The molecule has 0 N–H and O–H groups in total. The molecule has 84 valence electrons. The summed E-state index contributed by atoms with van der Waals surface area (Å²) in [4.78, 5) is 15.4. The standard InChI is InChI=1S/C10H7F3N2O/c1-15-5-14-7-4-2-3-6(10(11,12)13)8(7)9(15)16/h2-5H,1H3. The molecule has 0 aliphatic rings. The van der Waals surface area contributed by atoms with E-state index in [1.54, 1.807) is 0 Å². The Labute approximate surface area is 88.2 Å². The lowest BCUT2D eigenvalue weighted by Crippen LogP contribution is -2.20.